The fourth-order valence-corrected chi connectivity index (χ4v) is 4.40. The Morgan fingerprint density at radius 2 is 1.69 bits per heavy atom. The van der Waals surface area contributed by atoms with Gasteiger partial charge in [0, 0.05) is 12.1 Å². The van der Waals surface area contributed by atoms with Gasteiger partial charge in [-0.25, -0.2) is 0 Å². The Hall–Kier alpha value is -3.33. The van der Waals surface area contributed by atoms with Crippen LogP contribution < -0.4 is 19.0 Å². The number of hydrogen-bond acceptors (Lipinski definition) is 7. The Morgan fingerprint density at radius 1 is 1.00 bits per heavy atom. The van der Waals surface area contributed by atoms with Gasteiger partial charge in [-0.05, 0) is 31.0 Å². The summed E-state index contributed by atoms with van der Waals surface area (Å²) in [5.41, 5.74) is 2.47. The van der Waals surface area contributed by atoms with Crippen molar-refractivity contribution in [3.8, 4) is 17.2 Å². The molecule has 2 aromatic carbocycles. The predicted octanol–water partition coefficient (Wildman–Crippen LogP) is 3.27. The monoisotopic (exact) mass is 458 g/mol. The normalized spacial score (nSPS) is 11.5. The van der Waals surface area contributed by atoms with Crippen molar-refractivity contribution in [2.45, 2.75) is 26.8 Å². The largest absolute Gasteiger partial charge is 0.496 e. The summed E-state index contributed by atoms with van der Waals surface area (Å²) >= 11 is 1.29. The van der Waals surface area contributed by atoms with Gasteiger partial charge >= 0.3 is 5.97 Å². The van der Waals surface area contributed by atoms with Crippen molar-refractivity contribution in [3.63, 3.8) is 0 Å². The Bertz CT molecular complexity index is 1210. The van der Waals surface area contributed by atoms with E-state index in [0.717, 1.165) is 21.6 Å². The molecule has 1 aromatic heterocycles. The van der Waals surface area contributed by atoms with Crippen LogP contribution in [0.25, 0.3) is 10.2 Å². The molecule has 0 aliphatic heterocycles. The minimum Gasteiger partial charge on any atom is -0.496 e. The number of benzene rings is 2. The van der Waals surface area contributed by atoms with Gasteiger partial charge in [-0.2, -0.15) is 4.99 Å². The van der Waals surface area contributed by atoms with Gasteiger partial charge in [0.1, 0.15) is 12.3 Å². The number of amides is 1. The second-order valence-electron chi connectivity index (χ2n) is 6.94. The van der Waals surface area contributed by atoms with Crippen LogP contribution in [0.4, 0.5) is 0 Å². The van der Waals surface area contributed by atoms with Gasteiger partial charge in [-0.1, -0.05) is 23.5 Å². The third-order valence-electron chi connectivity index (χ3n) is 4.82. The molecule has 8 nitrogen and oxygen atoms in total. The minimum atomic E-state index is -0.415. The molecular weight excluding hydrogens is 432 g/mol. The second kappa shape index (κ2) is 10.3. The first-order valence-electron chi connectivity index (χ1n) is 10.0. The SMILES string of the molecule is CCOC(=O)Cn1c(=NC(=O)Cc2ccc(OC)c(C)c2)sc2cc(OC)c(OC)cc21. The summed E-state index contributed by atoms with van der Waals surface area (Å²) in [6, 6.07) is 9.14. The van der Waals surface area contributed by atoms with Crippen LogP contribution in [-0.2, 0) is 27.3 Å². The molecule has 0 saturated carbocycles. The minimum absolute atomic E-state index is 0.0723. The Morgan fingerprint density at radius 3 is 2.31 bits per heavy atom. The number of carbonyl (C=O) groups excluding carboxylic acids is 2. The molecule has 0 N–H and O–H groups in total. The number of rotatable bonds is 8. The first kappa shape index (κ1) is 23.3. The van der Waals surface area contributed by atoms with Crippen LogP contribution >= 0.6 is 11.3 Å². The molecule has 0 atom stereocenters. The zero-order valence-electron chi connectivity index (χ0n) is 18.8. The number of carbonyl (C=O) groups is 2. The van der Waals surface area contributed by atoms with Gasteiger partial charge in [0.05, 0.1) is 44.6 Å². The zero-order valence-corrected chi connectivity index (χ0v) is 19.6. The van der Waals surface area contributed by atoms with E-state index in [0.29, 0.717) is 21.8 Å². The molecule has 0 bridgehead atoms. The average Bonchev–Trinajstić information content (AvgIpc) is 3.08. The lowest BCUT2D eigenvalue weighted by atomic mass is 10.1. The number of fused-ring (bicyclic) bond motifs is 1. The summed E-state index contributed by atoms with van der Waals surface area (Å²) in [5, 5.41) is 0. The number of thiazole rings is 1. The quantitative estimate of drug-likeness (QED) is 0.482. The molecular formula is C23H26N2O6S. The molecule has 0 fully saturated rings. The third-order valence-corrected chi connectivity index (χ3v) is 5.86. The molecule has 0 aliphatic carbocycles. The number of hydrogen-bond donors (Lipinski definition) is 0. The van der Waals surface area contributed by atoms with Gasteiger partial charge in [0.15, 0.2) is 16.3 Å². The summed E-state index contributed by atoms with van der Waals surface area (Å²) in [5.74, 6) is 1.09. The Labute approximate surface area is 190 Å². The lowest BCUT2D eigenvalue weighted by Crippen LogP contribution is -2.23. The van der Waals surface area contributed by atoms with E-state index in [4.69, 9.17) is 18.9 Å². The third kappa shape index (κ3) is 5.11. The van der Waals surface area contributed by atoms with E-state index < -0.39 is 5.97 Å². The summed E-state index contributed by atoms with van der Waals surface area (Å²) in [7, 11) is 4.70. The molecule has 0 aliphatic rings. The predicted molar refractivity (Wildman–Crippen MR) is 122 cm³/mol. The molecule has 170 valence electrons. The van der Waals surface area contributed by atoms with E-state index in [1.807, 2.05) is 25.1 Å². The lowest BCUT2D eigenvalue weighted by molar-refractivity contribution is -0.143. The van der Waals surface area contributed by atoms with Crippen LogP contribution in [0.2, 0.25) is 0 Å². The first-order chi connectivity index (χ1) is 15.4. The van der Waals surface area contributed by atoms with Gasteiger partial charge in [0.25, 0.3) is 5.91 Å². The van der Waals surface area contributed by atoms with Crippen molar-refractivity contribution in [3.05, 3.63) is 46.3 Å². The van der Waals surface area contributed by atoms with Crippen molar-refractivity contribution in [2.24, 2.45) is 4.99 Å². The maximum atomic E-state index is 12.8. The van der Waals surface area contributed by atoms with Crippen LogP contribution in [-0.4, -0.2) is 44.4 Å². The molecule has 3 rings (SSSR count). The molecule has 0 saturated heterocycles. The standard InChI is InChI=1S/C23H26N2O6S/c1-6-31-22(27)13-25-16-11-18(29-4)19(30-5)12-20(16)32-23(25)24-21(26)10-15-7-8-17(28-3)14(2)9-15/h7-9,11-12H,6,10,13H2,1-5H3. The fourth-order valence-electron chi connectivity index (χ4n) is 3.34. The number of ether oxygens (including phenoxy) is 4. The van der Waals surface area contributed by atoms with Crippen LogP contribution in [0.1, 0.15) is 18.1 Å². The lowest BCUT2D eigenvalue weighted by Gasteiger charge is -2.09. The molecule has 1 heterocycles. The van der Waals surface area contributed by atoms with Crippen LogP contribution in [0, 0.1) is 6.92 Å². The fraction of sp³-hybridized carbons (Fsp3) is 0.348. The van der Waals surface area contributed by atoms with E-state index in [9.17, 15) is 9.59 Å². The number of methoxy groups -OCH3 is 3. The van der Waals surface area contributed by atoms with Gasteiger partial charge < -0.3 is 23.5 Å². The van der Waals surface area contributed by atoms with E-state index >= 15 is 0 Å². The number of aryl methyl sites for hydroxylation is 1. The molecule has 32 heavy (non-hydrogen) atoms. The topological polar surface area (TPSA) is 88.4 Å². The zero-order chi connectivity index (χ0) is 23.3. The summed E-state index contributed by atoms with van der Waals surface area (Å²) in [6.45, 7) is 3.86. The van der Waals surface area contributed by atoms with Gasteiger partial charge in [0.2, 0.25) is 0 Å². The van der Waals surface area contributed by atoms with Crippen molar-refractivity contribution >= 4 is 33.4 Å². The molecule has 0 unspecified atom stereocenters. The first-order valence-corrected chi connectivity index (χ1v) is 10.8. The number of aromatic nitrogens is 1. The van der Waals surface area contributed by atoms with E-state index in [2.05, 4.69) is 4.99 Å². The van der Waals surface area contributed by atoms with Crippen molar-refractivity contribution in [2.75, 3.05) is 27.9 Å². The van der Waals surface area contributed by atoms with E-state index in [-0.39, 0.29) is 25.5 Å². The molecule has 1 amide bonds. The second-order valence-corrected chi connectivity index (χ2v) is 7.95. The number of esters is 1. The smallest absolute Gasteiger partial charge is 0.326 e. The summed E-state index contributed by atoms with van der Waals surface area (Å²) in [4.78, 5) is 29.7. The van der Waals surface area contributed by atoms with Crippen LogP contribution in [0.3, 0.4) is 0 Å². The van der Waals surface area contributed by atoms with Gasteiger partial charge in [-0.3, -0.25) is 9.59 Å². The highest BCUT2D eigenvalue weighted by Gasteiger charge is 2.16. The van der Waals surface area contributed by atoms with Crippen LogP contribution in [0.5, 0.6) is 17.2 Å². The van der Waals surface area contributed by atoms with Gasteiger partial charge in [-0.15, -0.1) is 0 Å². The van der Waals surface area contributed by atoms with E-state index in [1.165, 1.54) is 18.4 Å². The van der Waals surface area contributed by atoms with Crippen LogP contribution in [0.15, 0.2) is 35.3 Å². The highest BCUT2D eigenvalue weighted by molar-refractivity contribution is 7.16. The molecule has 0 radical (unpaired) electrons. The molecule has 9 heteroatoms. The summed E-state index contributed by atoms with van der Waals surface area (Å²) < 4.78 is 23.6. The molecule has 0 spiro atoms. The summed E-state index contributed by atoms with van der Waals surface area (Å²) in [6.07, 6.45) is 0.130. The Kier molecular flexibility index (Phi) is 7.53. The molecule has 3 aromatic rings. The van der Waals surface area contributed by atoms with E-state index in [1.54, 1.807) is 37.8 Å². The average molecular weight is 459 g/mol. The van der Waals surface area contributed by atoms with Crippen molar-refractivity contribution < 1.29 is 28.5 Å². The maximum Gasteiger partial charge on any atom is 0.326 e. The highest BCUT2D eigenvalue weighted by atomic mass is 32.1. The Balaban J connectivity index is 2.04. The maximum absolute atomic E-state index is 12.8. The highest BCUT2D eigenvalue weighted by Crippen LogP contribution is 2.33. The van der Waals surface area contributed by atoms with Crippen molar-refractivity contribution in [1.82, 2.24) is 4.57 Å². The number of nitrogens with zero attached hydrogens (tertiary/aromatic N) is 2. The van der Waals surface area contributed by atoms with Crippen molar-refractivity contribution in [1.29, 1.82) is 0 Å².